The van der Waals surface area contributed by atoms with Crippen LogP contribution in [0.5, 0.6) is 11.6 Å². The number of hydrogen-bond donors (Lipinski definition) is 2. The smallest absolute Gasteiger partial charge is 0.220 e. The lowest BCUT2D eigenvalue weighted by Gasteiger charge is -2.34. The summed E-state index contributed by atoms with van der Waals surface area (Å²) in [6, 6.07) is 9.96. The van der Waals surface area contributed by atoms with Crippen molar-refractivity contribution in [1.29, 1.82) is 0 Å². The number of aliphatic imine (C=N–C) groups is 1. The molecule has 0 unspecified atom stereocenters. The molecule has 0 spiro atoms. The monoisotopic (exact) mass is 437 g/mol. The first kappa shape index (κ1) is 23.6. The van der Waals surface area contributed by atoms with Crippen LogP contribution in [0.15, 0.2) is 41.5 Å². The van der Waals surface area contributed by atoms with Gasteiger partial charge in [-0.05, 0) is 74.4 Å². The second-order valence-electron chi connectivity index (χ2n) is 8.33. The molecule has 1 saturated heterocycles. The van der Waals surface area contributed by atoms with E-state index in [-0.39, 0.29) is 5.91 Å². The number of amides is 1. The zero-order valence-electron chi connectivity index (χ0n) is 19.6. The summed E-state index contributed by atoms with van der Waals surface area (Å²) in [4.78, 5) is 23.1. The molecule has 0 saturated carbocycles. The normalized spacial score (nSPS) is 14.9. The topological polar surface area (TPSA) is 78.9 Å². The summed E-state index contributed by atoms with van der Waals surface area (Å²) in [6.07, 6.45) is 4.37. The average Bonchev–Trinajstić information content (AvgIpc) is 2.80. The SMILES string of the molecule is CCNC(=NCc1ccnc(Oc2ccc(C)c(C)c2)c1)N1CCC(CC(=O)NC)CC1. The third-order valence-corrected chi connectivity index (χ3v) is 5.91. The molecule has 3 rings (SSSR count). The Morgan fingerprint density at radius 2 is 1.97 bits per heavy atom. The standard InChI is InChI=1S/C25H35N5O2/c1-5-27-25(30-12-9-20(10-13-30)15-23(31)26-4)29-17-21-8-11-28-24(16-21)32-22-7-6-18(2)19(3)14-22/h6-8,11,14,16,20H,5,9-10,12-13,15,17H2,1-4H3,(H,26,31)(H,27,29). The van der Waals surface area contributed by atoms with E-state index in [4.69, 9.17) is 9.73 Å². The molecule has 0 bridgehead atoms. The van der Waals surface area contributed by atoms with E-state index >= 15 is 0 Å². The Kier molecular flexibility index (Phi) is 8.48. The number of piperidine rings is 1. The lowest BCUT2D eigenvalue weighted by Crippen LogP contribution is -2.46. The van der Waals surface area contributed by atoms with Gasteiger partial charge in [0.15, 0.2) is 5.96 Å². The van der Waals surface area contributed by atoms with E-state index in [1.165, 1.54) is 11.1 Å². The van der Waals surface area contributed by atoms with E-state index in [9.17, 15) is 4.79 Å². The van der Waals surface area contributed by atoms with Crippen molar-refractivity contribution in [3.63, 3.8) is 0 Å². The van der Waals surface area contributed by atoms with Crippen molar-refractivity contribution in [2.45, 2.75) is 46.6 Å². The zero-order chi connectivity index (χ0) is 22.9. The maximum absolute atomic E-state index is 11.7. The maximum atomic E-state index is 11.7. The third kappa shape index (κ3) is 6.70. The second kappa shape index (κ2) is 11.5. The Morgan fingerprint density at radius 1 is 1.19 bits per heavy atom. The molecule has 7 nitrogen and oxygen atoms in total. The minimum atomic E-state index is 0.125. The first-order chi connectivity index (χ1) is 15.5. The van der Waals surface area contributed by atoms with Gasteiger partial charge in [-0.2, -0.15) is 0 Å². The summed E-state index contributed by atoms with van der Waals surface area (Å²) in [5.74, 6) is 2.84. The van der Waals surface area contributed by atoms with Crippen LogP contribution in [0.4, 0.5) is 0 Å². The quantitative estimate of drug-likeness (QED) is 0.509. The highest BCUT2D eigenvalue weighted by molar-refractivity contribution is 5.80. The molecule has 2 heterocycles. The zero-order valence-corrected chi connectivity index (χ0v) is 19.6. The molecule has 2 N–H and O–H groups in total. The van der Waals surface area contributed by atoms with Crippen LogP contribution in [0.2, 0.25) is 0 Å². The van der Waals surface area contributed by atoms with Gasteiger partial charge in [0.1, 0.15) is 5.75 Å². The molecule has 1 aliphatic heterocycles. The maximum Gasteiger partial charge on any atom is 0.220 e. The highest BCUT2D eigenvalue weighted by Crippen LogP contribution is 2.23. The van der Waals surface area contributed by atoms with Gasteiger partial charge in [0.05, 0.1) is 6.54 Å². The largest absolute Gasteiger partial charge is 0.439 e. The Hall–Kier alpha value is -3.09. The summed E-state index contributed by atoms with van der Waals surface area (Å²) in [5, 5.41) is 6.13. The number of ether oxygens (including phenoxy) is 1. The number of aromatic nitrogens is 1. The van der Waals surface area contributed by atoms with E-state index in [1.807, 2.05) is 24.3 Å². The van der Waals surface area contributed by atoms with Crippen molar-refractivity contribution in [2.75, 3.05) is 26.7 Å². The number of rotatable bonds is 7. The van der Waals surface area contributed by atoms with E-state index in [0.717, 1.165) is 49.7 Å². The number of likely N-dealkylation sites (tertiary alicyclic amines) is 1. The van der Waals surface area contributed by atoms with Crippen LogP contribution in [0, 0.1) is 19.8 Å². The summed E-state index contributed by atoms with van der Waals surface area (Å²) >= 11 is 0. The van der Waals surface area contributed by atoms with Crippen LogP contribution < -0.4 is 15.4 Å². The summed E-state index contributed by atoms with van der Waals surface area (Å²) in [7, 11) is 1.70. The van der Waals surface area contributed by atoms with Crippen LogP contribution in [0.25, 0.3) is 0 Å². The predicted octanol–water partition coefficient (Wildman–Crippen LogP) is 3.80. The molecule has 1 aromatic carbocycles. The number of benzene rings is 1. The van der Waals surface area contributed by atoms with Gasteiger partial charge in [-0.25, -0.2) is 9.98 Å². The van der Waals surface area contributed by atoms with Crippen LogP contribution in [-0.2, 0) is 11.3 Å². The van der Waals surface area contributed by atoms with Gasteiger partial charge >= 0.3 is 0 Å². The fraction of sp³-hybridized carbons (Fsp3) is 0.480. The molecule has 1 fully saturated rings. The molecule has 1 aromatic heterocycles. The summed E-state index contributed by atoms with van der Waals surface area (Å²) in [5.41, 5.74) is 3.48. The van der Waals surface area contributed by atoms with Crippen LogP contribution in [-0.4, -0.2) is 48.4 Å². The second-order valence-corrected chi connectivity index (χ2v) is 8.33. The molecule has 2 aromatic rings. The molecule has 32 heavy (non-hydrogen) atoms. The predicted molar refractivity (Wildman–Crippen MR) is 128 cm³/mol. The van der Waals surface area contributed by atoms with Crippen molar-refractivity contribution in [2.24, 2.45) is 10.9 Å². The molecule has 1 amide bonds. The molecule has 7 heteroatoms. The average molecular weight is 438 g/mol. The van der Waals surface area contributed by atoms with E-state index in [2.05, 4.69) is 47.4 Å². The number of guanidine groups is 1. The fourth-order valence-corrected chi connectivity index (χ4v) is 3.81. The number of pyridine rings is 1. The van der Waals surface area contributed by atoms with E-state index < -0.39 is 0 Å². The van der Waals surface area contributed by atoms with Crippen LogP contribution in [0.1, 0.15) is 42.9 Å². The molecule has 0 atom stereocenters. The van der Waals surface area contributed by atoms with Gasteiger partial charge in [0, 0.05) is 45.4 Å². The first-order valence-corrected chi connectivity index (χ1v) is 11.4. The molecule has 0 radical (unpaired) electrons. The highest BCUT2D eigenvalue weighted by Gasteiger charge is 2.23. The number of nitrogens with one attached hydrogen (secondary N) is 2. The van der Waals surface area contributed by atoms with Gasteiger partial charge in [-0.15, -0.1) is 0 Å². The minimum Gasteiger partial charge on any atom is -0.439 e. The number of nitrogens with zero attached hydrogens (tertiary/aromatic N) is 3. The highest BCUT2D eigenvalue weighted by atomic mass is 16.5. The fourth-order valence-electron chi connectivity index (χ4n) is 3.81. The number of aryl methyl sites for hydroxylation is 2. The van der Waals surface area contributed by atoms with Gasteiger partial charge < -0.3 is 20.3 Å². The Bertz CT molecular complexity index is 936. The molecular weight excluding hydrogens is 402 g/mol. The minimum absolute atomic E-state index is 0.125. The van der Waals surface area contributed by atoms with Gasteiger partial charge in [-0.3, -0.25) is 4.79 Å². The first-order valence-electron chi connectivity index (χ1n) is 11.4. The van der Waals surface area contributed by atoms with Crippen molar-refractivity contribution >= 4 is 11.9 Å². The third-order valence-electron chi connectivity index (χ3n) is 5.91. The molecule has 1 aliphatic rings. The number of carbonyl (C=O) groups is 1. The van der Waals surface area contributed by atoms with Gasteiger partial charge in [0.2, 0.25) is 11.8 Å². The van der Waals surface area contributed by atoms with Crippen LogP contribution in [0.3, 0.4) is 0 Å². The van der Waals surface area contributed by atoms with Gasteiger partial charge in [-0.1, -0.05) is 6.07 Å². The molecule has 172 valence electrons. The van der Waals surface area contributed by atoms with Crippen molar-refractivity contribution < 1.29 is 9.53 Å². The Balaban J connectivity index is 1.62. The van der Waals surface area contributed by atoms with Crippen molar-refractivity contribution in [1.82, 2.24) is 20.5 Å². The van der Waals surface area contributed by atoms with Gasteiger partial charge in [0.25, 0.3) is 0 Å². The molecule has 0 aliphatic carbocycles. The summed E-state index contributed by atoms with van der Waals surface area (Å²) in [6.45, 7) is 9.42. The lowest BCUT2D eigenvalue weighted by atomic mass is 9.93. The summed E-state index contributed by atoms with van der Waals surface area (Å²) < 4.78 is 5.96. The number of carbonyl (C=O) groups excluding carboxylic acids is 1. The van der Waals surface area contributed by atoms with Crippen LogP contribution >= 0.6 is 0 Å². The lowest BCUT2D eigenvalue weighted by molar-refractivity contribution is -0.121. The Morgan fingerprint density at radius 3 is 2.66 bits per heavy atom. The number of hydrogen-bond acceptors (Lipinski definition) is 4. The van der Waals surface area contributed by atoms with Crippen molar-refractivity contribution in [3.05, 3.63) is 53.2 Å². The van der Waals surface area contributed by atoms with Crippen molar-refractivity contribution in [3.8, 4) is 11.6 Å². The van der Waals surface area contributed by atoms with E-state index in [1.54, 1.807) is 13.2 Å². The molecular formula is C25H35N5O2. The van der Waals surface area contributed by atoms with E-state index in [0.29, 0.717) is 24.8 Å². The Labute approximate surface area is 191 Å².